The van der Waals surface area contributed by atoms with Crippen LogP contribution in [0.15, 0.2) is 0 Å². The maximum absolute atomic E-state index is 12.4. The zero-order chi connectivity index (χ0) is 13.7. The molecule has 0 saturated heterocycles. The van der Waals surface area contributed by atoms with Gasteiger partial charge in [-0.1, -0.05) is 0 Å². The topological polar surface area (TPSA) is 38.3 Å². The minimum Gasteiger partial charge on any atom is -0.460 e. The highest BCUT2D eigenvalue weighted by Crippen LogP contribution is 2.21. The Kier molecular flexibility index (Phi) is 5.87. The number of carbonyl (C=O) groups is 1. The fraction of sp³-hybridized carbons (Fsp3) is 0.900. The highest BCUT2D eigenvalue weighted by Gasteiger charge is 2.39. The summed E-state index contributed by atoms with van der Waals surface area (Å²) < 4.78 is 53.2. The van der Waals surface area contributed by atoms with E-state index in [2.05, 4.69) is 5.32 Å². The second kappa shape index (κ2) is 6.18. The van der Waals surface area contributed by atoms with E-state index in [0.29, 0.717) is 0 Å². The quantitative estimate of drug-likeness (QED) is 0.451. The molecule has 0 unspecified atom stereocenters. The van der Waals surface area contributed by atoms with Crippen molar-refractivity contribution in [1.29, 1.82) is 0 Å². The summed E-state index contributed by atoms with van der Waals surface area (Å²) in [7, 11) is 0. The van der Waals surface area contributed by atoms with E-state index in [4.69, 9.17) is 4.74 Å². The number of nitrogens with one attached hydrogen (secondary N) is 1. The van der Waals surface area contributed by atoms with E-state index in [1.54, 1.807) is 20.8 Å². The van der Waals surface area contributed by atoms with E-state index in [1.807, 2.05) is 0 Å². The molecule has 0 aliphatic rings. The second-order valence-corrected chi connectivity index (χ2v) is 4.57. The first kappa shape index (κ1) is 16.1. The summed E-state index contributed by atoms with van der Waals surface area (Å²) in [6.45, 7) is 3.72. The number of hydrogen-bond donors (Lipinski definition) is 1. The minimum atomic E-state index is -4.08. The SMILES string of the molecule is CC(C)(C)OC(=O)CCNCC(F)(F)C(F)F. The van der Waals surface area contributed by atoms with Gasteiger partial charge in [0, 0.05) is 6.54 Å². The molecule has 0 amide bonds. The Bertz CT molecular complexity index is 251. The van der Waals surface area contributed by atoms with Gasteiger partial charge in [0.25, 0.3) is 0 Å². The maximum Gasteiger partial charge on any atom is 0.319 e. The normalized spacial score (nSPS) is 12.9. The van der Waals surface area contributed by atoms with E-state index in [1.165, 1.54) is 0 Å². The van der Waals surface area contributed by atoms with Crippen LogP contribution < -0.4 is 5.32 Å². The molecular formula is C10H17F4NO2. The molecule has 0 aromatic heterocycles. The van der Waals surface area contributed by atoms with Gasteiger partial charge in [0.2, 0.25) is 0 Å². The molecule has 0 bridgehead atoms. The first-order chi connectivity index (χ1) is 7.54. The Balaban J connectivity index is 3.76. The molecule has 0 aromatic carbocycles. The molecule has 0 atom stereocenters. The fourth-order valence-corrected chi connectivity index (χ4v) is 0.915. The number of halogens is 4. The van der Waals surface area contributed by atoms with Gasteiger partial charge in [-0.05, 0) is 20.8 Å². The van der Waals surface area contributed by atoms with Crippen LogP contribution in [0, 0.1) is 0 Å². The zero-order valence-electron chi connectivity index (χ0n) is 10.0. The third-order valence-electron chi connectivity index (χ3n) is 1.61. The van der Waals surface area contributed by atoms with Gasteiger partial charge in [-0.2, -0.15) is 8.78 Å². The first-order valence-corrected chi connectivity index (χ1v) is 5.13. The lowest BCUT2D eigenvalue weighted by Crippen LogP contribution is -2.39. The third-order valence-corrected chi connectivity index (χ3v) is 1.61. The number of esters is 1. The summed E-state index contributed by atoms with van der Waals surface area (Å²) in [5.74, 6) is -4.64. The van der Waals surface area contributed by atoms with Crippen LogP contribution in [0.25, 0.3) is 0 Å². The van der Waals surface area contributed by atoms with Crippen LogP contribution in [0.4, 0.5) is 17.6 Å². The molecular weight excluding hydrogens is 242 g/mol. The van der Waals surface area contributed by atoms with E-state index < -0.39 is 30.5 Å². The van der Waals surface area contributed by atoms with Crippen LogP contribution in [0.3, 0.4) is 0 Å². The molecule has 0 saturated carbocycles. The molecule has 7 heteroatoms. The van der Waals surface area contributed by atoms with Crippen LogP contribution in [-0.2, 0) is 9.53 Å². The Labute approximate surface area is 97.5 Å². The van der Waals surface area contributed by atoms with E-state index in [-0.39, 0.29) is 13.0 Å². The van der Waals surface area contributed by atoms with Gasteiger partial charge >= 0.3 is 18.3 Å². The number of alkyl halides is 4. The first-order valence-electron chi connectivity index (χ1n) is 5.13. The molecule has 0 aliphatic heterocycles. The van der Waals surface area contributed by atoms with E-state index in [0.717, 1.165) is 0 Å². The summed E-state index contributed by atoms with van der Waals surface area (Å²) >= 11 is 0. The average molecular weight is 259 g/mol. The van der Waals surface area contributed by atoms with E-state index in [9.17, 15) is 22.4 Å². The molecule has 0 rings (SSSR count). The molecule has 0 heterocycles. The Morgan fingerprint density at radius 1 is 1.29 bits per heavy atom. The molecule has 0 fully saturated rings. The van der Waals surface area contributed by atoms with Gasteiger partial charge in [0.1, 0.15) is 5.60 Å². The van der Waals surface area contributed by atoms with Gasteiger partial charge in [-0.25, -0.2) is 8.78 Å². The summed E-state index contributed by atoms with van der Waals surface area (Å²) in [6.07, 6.45) is -3.85. The van der Waals surface area contributed by atoms with Crippen molar-refractivity contribution in [2.24, 2.45) is 0 Å². The van der Waals surface area contributed by atoms with Gasteiger partial charge in [-0.15, -0.1) is 0 Å². The van der Waals surface area contributed by atoms with Crippen LogP contribution in [0.1, 0.15) is 27.2 Å². The number of carbonyl (C=O) groups excluding carboxylic acids is 1. The summed E-state index contributed by atoms with van der Waals surface area (Å²) in [5.41, 5.74) is -0.649. The molecule has 0 spiro atoms. The third kappa shape index (κ3) is 7.95. The Hall–Kier alpha value is -0.850. The lowest BCUT2D eigenvalue weighted by molar-refractivity contribution is -0.155. The van der Waals surface area contributed by atoms with Crippen molar-refractivity contribution in [3.05, 3.63) is 0 Å². The summed E-state index contributed by atoms with van der Waals surface area (Å²) in [4.78, 5) is 11.1. The maximum atomic E-state index is 12.4. The van der Waals surface area contributed by atoms with Gasteiger partial charge in [0.15, 0.2) is 0 Å². The van der Waals surface area contributed by atoms with Crippen LogP contribution in [0.2, 0.25) is 0 Å². The van der Waals surface area contributed by atoms with Crippen molar-refractivity contribution in [3.63, 3.8) is 0 Å². The molecule has 3 nitrogen and oxygen atoms in total. The second-order valence-electron chi connectivity index (χ2n) is 4.57. The van der Waals surface area contributed by atoms with E-state index >= 15 is 0 Å². The van der Waals surface area contributed by atoms with Gasteiger partial charge in [-0.3, -0.25) is 4.79 Å². The smallest absolute Gasteiger partial charge is 0.319 e. The van der Waals surface area contributed by atoms with Crippen LogP contribution in [0.5, 0.6) is 0 Å². The van der Waals surface area contributed by atoms with Crippen LogP contribution in [-0.4, -0.2) is 37.0 Å². The number of ether oxygens (including phenoxy) is 1. The lowest BCUT2D eigenvalue weighted by atomic mass is 10.2. The largest absolute Gasteiger partial charge is 0.460 e. The number of rotatable bonds is 6. The molecule has 0 aliphatic carbocycles. The fourth-order valence-electron chi connectivity index (χ4n) is 0.915. The van der Waals surface area contributed by atoms with Gasteiger partial charge < -0.3 is 10.1 Å². The summed E-state index contributed by atoms with van der Waals surface area (Å²) in [6, 6.07) is 0. The van der Waals surface area contributed by atoms with Crippen molar-refractivity contribution in [1.82, 2.24) is 5.32 Å². The molecule has 1 N–H and O–H groups in total. The van der Waals surface area contributed by atoms with Crippen molar-refractivity contribution in [2.45, 2.75) is 45.1 Å². The monoisotopic (exact) mass is 259 g/mol. The standard InChI is InChI=1S/C10H17F4NO2/c1-9(2,3)17-7(16)4-5-15-6-10(13,14)8(11)12/h8,15H,4-6H2,1-3H3. The number of hydrogen-bond acceptors (Lipinski definition) is 3. The van der Waals surface area contributed by atoms with Gasteiger partial charge in [0.05, 0.1) is 13.0 Å². The minimum absolute atomic E-state index is 0.128. The van der Waals surface area contributed by atoms with Crippen molar-refractivity contribution < 1.29 is 27.1 Å². The highest BCUT2D eigenvalue weighted by atomic mass is 19.3. The molecule has 102 valence electrons. The molecule has 0 radical (unpaired) electrons. The molecule has 0 aromatic rings. The van der Waals surface area contributed by atoms with Crippen molar-refractivity contribution >= 4 is 5.97 Å². The highest BCUT2D eigenvalue weighted by molar-refractivity contribution is 5.70. The average Bonchev–Trinajstić information content (AvgIpc) is 2.09. The van der Waals surface area contributed by atoms with Crippen LogP contribution >= 0.6 is 0 Å². The summed E-state index contributed by atoms with van der Waals surface area (Å²) in [5, 5.41) is 2.09. The predicted molar refractivity (Wildman–Crippen MR) is 54.3 cm³/mol. The van der Waals surface area contributed by atoms with Crippen molar-refractivity contribution in [2.75, 3.05) is 13.1 Å². The Morgan fingerprint density at radius 3 is 2.24 bits per heavy atom. The lowest BCUT2D eigenvalue weighted by Gasteiger charge is -2.20. The Morgan fingerprint density at radius 2 is 1.82 bits per heavy atom. The predicted octanol–water partition coefficient (Wildman–Crippen LogP) is 2.21. The molecule has 17 heavy (non-hydrogen) atoms. The zero-order valence-corrected chi connectivity index (χ0v) is 10.0. The van der Waals surface area contributed by atoms with Crippen molar-refractivity contribution in [3.8, 4) is 0 Å².